The normalized spacial score (nSPS) is 17.3. The first-order valence-corrected chi connectivity index (χ1v) is 12.1. The van der Waals surface area contributed by atoms with Crippen LogP contribution in [0.2, 0.25) is 0 Å². The number of unbranched alkanes of at least 4 members (excludes halogenated alkanes) is 1. The third-order valence-electron chi connectivity index (χ3n) is 5.81. The Morgan fingerprint density at radius 3 is 3.07 bits per heavy atom. The van der Waals surface area contributed by atoms with Gasteiger partial charge in [-0.15, -0.1) is 0 Å². The molecule has 1 saturated heterocycles. The van der Waals surface area contributed by atoms with E-state index in [9.17, 15) is 0 Å². The molecule has 6 heteroatoms. The van der Waals surface area contributed by atoms with Gasteiger partial charge < -0.3 is 10.0 Å². The third-order valence-corrected chi connectivity index (χ3v) is 6.66. The molecule has 0 aliphatic carbocycles. The van der Waals surface area contributed by atoms with Crippen LogP contribution in [0.3, 0.4) is 0 Å². The summed E-state index contributed by atoms with van der Waals surface area (Å²) in [5.41, 5.74) is 6.23. The van der Waals surface area contributed by atoms with Crippen LogP contribution in [-0.4, -0.2) is 40.0 Å². The number of fused-ring (bicyclic) bond motifs is 1. The molecule has 1 fully saturated rings. The Morgan fingerprint density at radius 2 is 2.17 bits per heavy atom. The van der Waals surface area contributed by atoms with Crippen molar-refractivity contribution in [2.75, 3.05) is 28.9 Å². The maximum atomic E-state index is 4.12. The number of H-pyrrole nitrogens is 1. The van der Waals surface area contributed by atoms with Gasteiger partial charge in [0.1, 0.15) is 0 Å². The standard InChI is InChI=1S/C24H33N5S/c1-3-4-12-30-28-24-13-19(8-7-18(24)2)16-29-11-5-6-22(17-29)26-21-9-10-23-20(14-21)15-25-27-23/h7-10,13-15,22,26,28H,3-6,11-12,16-17H2,1-2H3,(H,25,27)/t22-/m0/s1. The van der Waals surface area contributed by atoms with Gasteiger partial charge in [0.25, 0.3) is 0 Å². The second-order valence-electron chi connectivity index (χ2n) is 8.34. The van der Waals surface area contributed by atoms with Gasteiger partial charge >= 0.3 is 0 Å². The van der Waals surface area contributed by atoms with Gasteiger partial charge in [0.15, 0.2) is 0 Å². The van der Waals surface area contributed by atoms with Crippen LogP contribution in [0.25, 0.3) is 10.9 Å². The zero-order chi connectivity index (χ0) is 20.8. The van der Waals surface area contributed by atoms with Gasteiger partial charge in [0.2, 0.25) is 0 Å². The van der Waals surface area contributed by atoms with Gasteiger partial charge in [0, 0.05) is 41.6 Å². The first-order chi connectivity index (χ1) is 14.7. The van der Waals surface area contributed by atoms with Crippen LogP contribution in [-0.2, 0) is 6.54 Å². The smallest absolute Gasteiger partial charge is 0.0651 e. The van der Waals surface area contributed by atoms with E-state index in [2.05, 4.69) is 75.4 Å². The van der Waals surface area contributed by atoms with Crippen molar-refractivity contribution < 1.29 is 0 Å². The van der Waals surface area contributed by atoms with Crippen LogP contribution in [0.5, 0.6) is 0 Å². The van der Waals surface area contributed by atoms with E-state index in [0.29, 0.717) is 6.04 Å². The highest BCUT2D eigenvalue weighted by Crippen LogP contribution is 2.24. The molecule has 1 aromatic heterocycles. The minimum absolute atomic E-state index is 0.482. The first-order valence-electron chi connectivity index (χ1n) is 11.1. The predicted molar refractivity (Wildman–Crippen MR) is 130 cm³/mol. The Bertz CT molecular complexity index is 954. The van der Waals surface area contributed by atoms with E-state index in [0.717, 1.165) is 29.7 Å². The molecule has 0 bridgehead atoms. The number of aromatic amines is 1. The number of likely N-dealkylation sites (tertiary alicyclic amines) is 1. The van der Waals surface area contributed by atoms with E-state index in [4.69, 9.17) is 0 Å². The highest BCUT2D eigenvalue weighted by Gasteiger charge is 2.20. The lowest BCUT2D eigenvalue weighted by Crippen LogP contribution is -2.41. The average molecular weight is 424 g/mol. The van der Waals surface area contributed by atoms with Gasteiger partial charge in [-0.05, 0) is 68.1 Å². The number of benzene rings is 2. The van der Waals surface area contributed by atoms with Gasteiger partial charge in [-0.25, -0.2) is 0 Å². The van der Waals surface area contributed by atoms with Crippen molar-refractivity contribution in [1.29, 1.82) is 0 Å². The fourth-order valence-corrected chi connectivity index (χ4v) is 4.98. The number of nitrogens with zero attached hydrogens (tertiary/aromatic N) is 2. The lowest BCUT2D eigenvalue weighted by atomic mass is 10.0. The molecule has 2 aromatic carbocycles. The molecule has 0 radical (unpaired) electrons. The van der Waals surface area contributed by atoms with Gasteiger partial charge in [-0.1, -0.05) is 37.4 Å². The van der Waals surface area contributed by atoms with Crippen LogP contribution >= 0.6 is 11.9 Å². The Morgan fingerprint density at radius 1 is 1.23 bits per heavy atom. The summed E-state index contributed by atoms with van der Waals surface area (Å²) in [5, 5.41) is 12.0. The Balaban J connectivity index is 1.34. The number of aromatic nitrogens is 2. The van der Waals surface area contributed by atoms with Gasteiger partial charge in [-0.2, -0.15) is 5.10 Å². The van der Waals surface area contributed by atoms with Crippen LogP contribution in [0.4, 0.5) is 11.4 Å². The van der Waals surface area contributed by atoms with E-state index >= 15 is 0 Å². The molecule has 5 nitrogen and oxygen atoms in total. The lowest BCUT2D eigenvalue weighted by Gasteiger charge is -2.34. The molecule has 1 atom stereocenters. The summed E-state index contributed by atoms with van der Waals surface area (Å²) in [6, 6.07) is 13.8. The monoisotopic (exact) mass is 423 g/mol. The second kappa shape index (κ2) is 10.2. The van der Waals surface area contributed by atoms with Crippen molar-refractivity contribution in [3.8, 4) is 0 Å². The van der Waals surface area contributed by atoms with Crippen molar-refractivity contribution in [2.45, 2.75) is 52.1 Å². The molecule has 0 saturated carbocycles. The van der Waals surface area contributed by atoms with Crippen molar-refractivity contribution in [1.82, 2.24) is 15.1 Å². The second-order valence-corrected chi connectivity index (χ2v) is 9.25. The largest absolute Gasteiger partial charge is 0.381 e. The lowest BCUT2D eigenvalue weighted by molar-refractivity contribution is 0.208. The Hall–Kier alpha value is -2.18. The maximum absolute atomic E-state index is 4.12. The SMILES string of the molecule is CCCCSNc1cc(CN2CCC[C@H](Nc3ccc4[nH]ncc4c3)C2)ccc1C. The quantitative estimate of drug-likeness (QED) is 0.300. The highest BCUT2D eigenvalue weighted by molar-refractivity contribution is 8.00. The van der Waals surface area contributed by atoms with Crippen LogP contribution in [0.15, 0.2) is 42.6 Å². The van der Waals surface area contributed by atoms with E-state index in [1.54, 1.807) is 0 Å². The van der Waals surface area contributed by atoms with Crippen molar-refractivity contribution in [3.05, 3.63) is 53.7 Å². The number of rotatable bonds is 9. The number of hydrogen-bond donors (Lipinski definition) is 3. The number of aryl methyl sites for hydroxylation is 1. The molecule has 160 valence electrons. The van der Waals surface area contributed by atoms with E-state index < -0.39 is 0 Å². The molecule has 30 heavy (non-hydrogen) atoms. The fraction of sp³-hybridized carbons (Fsp3) is 0.458. The van der Waals surface area contributed by atoms with Crippen LogP contribution in [0.1, 0.15) is 43.7 Å². The summed E-state index contributed by atoms with van der Waals surface area (Å²) < 4.78 is 3.56. The topological polar surface area (TPSA) is 56.0 Å². The molecule has 0 spiro atoms. The van der Waals surface area contributed by atoms with Crippen LogP contribution in [0, 0.1) is 6.92 Å². The average Bonchev–Trinajstić information content (AvgIpc) is 3.21. The zero-order valence-electron chi connectivity index (χ0n) is 18.1. The maximum Gasteiger partial charge on any atom is 0.0651 e. The third kappa shape index (κ3) is 5.49. The summed E-state index contributed by atoms with van der Waals surface area (Å²) >= 11 is 1.82. The number of hydrogen-bond acceptors (Lipinski definition) is 5. The molecule has 0 unspecified atom stereocenters. The molecular formula is C24H33N5S. The fourth-order valence-electron chi connectivity index (χ4n) is 4.07. The molecular weight excluding hydrogens is 390 g/mol. The molecule has 4 rings (SSSR count). The van der Waals surface area contributed by atoms with Gasteiger partial charge in [-0.3, -0.25) is 10.00 Å². The molecule has 1 aliphatic rings. The first kappa shape index (κ1) is 21.1. The number of anilines is 2. The Kier molecular flexibility index (Phi) is 7.18. The summed E-state index contributed by atoms with van der Waals surface area (Å²) in [4.78, 5) is 2.58. The zero-order valence-corrected chi connectivity index (χ0v) is 18.9. The number of piperidine rings is 1. The minimum Gasteiger partial charge on any atom is -0.381 e. The summed E-state index contributed by atoms with van der Waals surface area (Å²) in [6.07, 6.45) is 6.83. The summed E-state index contributed by atoms with van der Waals surface area (Å²) in [7, 11) is 0. The summed E-state index contributed by atoms with van der Waals surface area (Å²) in [6.45, 7) is 7.67. The molecule has 2 heterocycles. The van der Waals surface area contributed by atoms with E-state index in [1.165, 1.54) is 54.7 Å². The van der Waals surface area contributed by atoms with Crippen molar-refractivity contribution in [2.24, 2.45) is 0 Å². The molecule has 1 aliphatic heterocycles. The number of nitrogens with one attached hydrogen (secondary N) is 3. The highest BCUT2D eigenvalue weighted by atomic mass is 32.2. The molecule has 0 amide bonds. The van der Waals surface area contributed by atoms with E-state index in [-0.39, 0.29) is 0 Å². The van der Waals surface area contributed by atoms with Crippen molar-refractivity contribution >= 4 is 34.2 Å². The Labute approximate surface area is 184 Å². The molecule has 3 aromatic rings. The van der Waals surface area contributed by atoms with E-state index in [1.807, 2.05) is 18.1 Å². The molecule has 3 N–H and O–H groups in total. The predicted octanol–water partition coefficient (Wildman–Crippen LogP) is 5.81. The van der Waals surface area contributed by atoms with Gasteiger partial charge in [0.05, 0.1) is 11.7 Å². The minimum atomic E-state index is 0.482. The van der Waals surface area contributed by atoms with Crippen LogP contribution < -0.4 is 10.0 Å². The van der Waals surface area contributed by atoms with Crippen molar-refractivity contribution in [3.63, 3.8) is 0 Å². The summed E-state index contributed by atoms with van der Waals surface area (Å²) in [5.74, 6) is 1.16.